The van der Waals surface area contributed by atoms with Crippen LogP contribution in [0.4, 0.5) is 18.0 Å². The van der Waals surface area contributed by atoms with Gasteiger partial charge in [0.05, 0.1) is 0 Å². The van der Waals surface area contributed by atoms with Crippen LogP contribution < -0.4 is 15.4 Å². The number of alkyl halides is 3. The Labute approximate surface area is 138 Å². The van der Waals surface area contributed by atoms with Crippen molar-refractivity contribution in [2.24, 2.45) is 11.3 Å². The minimum atomic E-state index is -4.75. The Kier molecular flexibility index (Phi) is 4.60. The lowest BCUT2D eigenvalue weighted by Gasteiger charge is -2.15. The molecule has 24 heavy (non-hydrogen) atoms. The second-order valence-electron chi connectivity index (χ2n) is 6.83. The van der Waals surface area contributed by atoms with Crippen LogP contribution in [0.3, 0.4) is 0 Å². The predicted molar refractivity (Wildman–Crippen MR) is 82.4 cm³/mol. The molecule has 1 spiro atoms. The zero-order valence-electron chi connectivity index (χ0n) is 13.3. The topological polar surface area (TPSA) is 50.4 Å². The fourth-order valence-electron chi connectivity index (χ4n) is 3.48. The number of halogens is 3. The van der Waals surface area contributed by atoms with Gasteiger partial charge < -0.3 is 15.4 Å². The van der Waals surface area contributed by atoms with Crippen molar-refractivity contribution in [3.05, 3.63) is 29.8 Å². The summed E-state index contributed by atoms with van der Waals surface area (Å²) >= 11 is 0. The van der Waals surface area contributed by atoms with Crippen LogP contribution in [0.25, 0.3) is 0 Å². The lowest BCUT2D eigenvalue weighted by Crippen LogP contribution is -2.37. The van der Waals surface area contributed by atoms with Crippen molar-refractivity contribution >= 4 is 6.03 Å². The first-order valence-corrected chi connectivity index (χ1v) is 8.21. The van der Waals surface area contributed by atoms with Crippen molar-refractivity contribution in [2.45, 2.75) is 45.0 Å². The number of amides is 2. The van der Waals surface area contributed by atoms with E-state index in [4.69, 9.17) is 0 Å². The zero-order valence-corrected chi connectivity index (χ0v) is 13.3. The quantitative estimate of drug-likeness (QED) is 0.851. The average molecular weight is 342 g/mol. The highest BCUT2D eigenvalue weighted by molar-refractivity contribution is 5.73. The molecule has 2 aliphatic carbocycles. The number of ether oxygens (including phenoxy) is 1. The summed E-state index contributed by atoms with van der Waals surface area (Å²) in [6, 6.07) is 5.42. The molecule has 2 saturated carbocycles. The van der Waals surface area contributed by atoms with Crippen LogP contribution in [0.1, 0.15) is 37.7 Å². The molecule has 2 aliphatic rings. The van der Waals surface area contributed by atoms with E-state index in [1.165, 1.54) is 43.9 Å². The van der Waals surface area contributed by atoms with E-state index in [2.05, 4.69) is 15.4 Å². The third-order valence-corrected chi connectivity index (χ3v) is 4.95. The Morgan fingerprint density at radius 2 is 1.96 bits per heavy atom. The summed E-state index contributed by atoms with van der Waals surface area (Å²) in [7, 11) is 0. The van der Waals surface area contributed by atoms with Crippen molar-refractivity contribution in [1.82, 2.24) is 10.6 Å². The van der Waals surface area contributed by atoms with Gasteiger partial charge in [0.25, 0.3) is 0 Å². The maximum absolute atomic E-state index is 12.4. The minimum Gasteiger partial charge on any atom is -0.405 e. The first-order chi connectivity index (χ1) is 11.4. The molecule has 0 saturated heterocycles. The molecule has 132 valence electrons. The molecular formula is C17H21F3N2O2. The number of hydrogen-bond acceptors (Lipinski definition) is 2. The first-order valence-electron chi connectivity index (χ1n) is 8.21. The molecule has 1 aromatic rings. The summed E-state index contributed by atoms with van der Waals surface area (Å²) in [5, 5.41) is 5.40. The van der Waals surface area contributed by atoms with Gasteiger partial charge in [-0.1, -0.05) is 18.2 Å². The number of urea groups is 1. The second-order valence-corrected chi connectivity index (χ2v) is 6.83. The van der Waals surface area contributed by atoms with Crippen LogP contribution >= 0.6 is 0 Å². The van der Waals surface area contributed by atoms with Crippen LogP contribution in [0.2, 0.25) is 0 Å². The number of benzene rings is 1. The average Bonchev–Trinajstić information content (AvgIpc) is 3.14. The number of nitrogens with one attached hydrogen (secondary N) is 2. The summed E-state index contributed by atoms with van der Waals surface area (Å²) < 4.78 is 41.0. The van der Waals surface area contributed by atoms with E-state index < -0.39 is 6.36 Å². The van der Waals surface area contributed by atoms with E-state index in [0.717, 1.165) is 6.42 Å². The molecule has 7 heteroatoms. The van der Waals surface area contributed by atoms with Crippen LogP contribution in [0.15, 0.2) is 24.3 Å². The molecule has 1 unspecified atom stereocenters. The van der Waals surface area contributed by atoms with Gasteiger partial charge in [-0.25, -0.2) is 4.79 Å². The standard InChI is InChI=1S/C17H21F3N2O2/c18-17(19,20)24-14-4-2-1-3-13(14)11-22-15(23)21-10-12-5-6-16(9-12)7-8-16/h1-4,12H,5-11H2,(H2,21,22,23). The van der Waals surface area contributed by atoms with E-state index in [1.54, 1.807) is 6.07 Å². The third kappa shape index (κ3) is 4.55. The maximum Gasteiger partial charge on any atom is 0.573 e. The van der Waals surface area contributed by atoms with E-state index in [9.17, 15) is 18.0 Å². The van der Waals surface area contributed by atoms with Gasteiger partial charge in [-0.3, -0.25) is 0 Å². The third-order valence-electron chi connectivity index (χ3n) is 4.95. The molecule has 1 aromatic carbocycles. The van der Waals surface area contributed by atoms with Gasteiger partial charge in [-0.05, 0) is 49.5 Å². The van der Waals surface area contributed by atoms with Crippen LogP contribution in [0.5, 0.6) is 5.75 Å². The fourth-order valence-corrected chi connectivity index (χ4v) is 3.48. The molecule has 0 aliphatic heterocycles. The van der Waals surface area contributed by atoms with E-state index in [-0.39, 0.29) is 23.9 Å². The lowest BCUT2D eigenvalue weighted by molar-refractivity contribution is -0.274. The van der Waals surface area contributed by atoms with Crippen molar-refractivity contribution in [1.29, 1.82) is 0 Å². The molecule has 0 aromatic heterocycles. The van der Waals surface area contributed by atoms with Crippen LogP contribution in [-0.2, 0) is 6.54 Å². The molecule has 2 amide bonds. The second kappa shape index (κ2) is 6.53. The molecule has 3 rings (SSSR count). The number of hydrogen-bond donors (Lipinski definition) is 2. The molecule has 0 radical (unpaired) electrons. The Bertz CT molecular complexity index is 600. The zero-order chi connectivity index (χ0) is 17.2. The first kappa shape index (κ1) is 16.9. The molecular weight excluding hydrogens is 321 g/mol. The van der Waals surface area contributed by atoms with Gasteiger partial charge in [-0.2, -0.15) is 0 Å². The highest BCUT2D eigenvalue weighted by Crippen LogP contribution is 2.59. The van der Waals surface area contributed by atoms with E-state index in [1.807, 2.05) is 0 Å². The van der Waals surface area contributed by atoms with Gasteiger partial charge in [0, 0.05) is 18.7 Å². The summed E-state index contributed by atoms with van der Waals surface area (Å²) in [4.78, 5) is 11.9. The van der Waals surface area contributed by atoms with Crippen molar-refractivity contribution in [3.63, 3.8) is 0 Å². The minimum absolute atomic E-state index is 0.0211. The lowest BCUT2D eigenvalue weighted by atomic mass is 10.0. The van der Waals surface area contributed by atoms with Crippen molar-refractivity contribution in [3.8, 4) is 5.75 Å². The summed E-state index contributed by atoms with van der Waals surface area (Å²) in [5.74, 6) is 0.218. The highest BCUT2D eigenvalue weighted by atomic mass is 19.4. The highest BCUT2D eigenvalue weighted by Gasteiger charge is 2.47. The van der Waals surface area contributed by atoms with Gasteiger partial charge >= 0.3 is 12.4 Å². The van der Waals surface area contributed by atoms with Crippen LogP contribution in [0, 0.1) is 11.3 Å². The molecule has 4 nitrogen and oxygen atoms in total. The monoisotopic (exact) mass is 342 g/mol. The Hall–Kier alpha value is -1.92. The van der Waals surface area contributed by atoms with E-state index >= 15 is 0 Å². The largest absolute Gasteiger partial charge is 0.573 e. The van der Waals surface area contributed by atoms with Crippen molar-refractivity contribution in [2.75, 3.05) is 6.54 Å². The van der Waals surface area contributed by atoms with Crippen LogP contribution in [-0.4, -0.2) is 18.9 Å². The van der Waals surface area contributed by atoms with Gasteiger partial charge in [-0.15, -0.1) is 13.2 Å². The molecule has 2 fully saturated rings. The fraction of sp³-hybridized carbons (Fsp3) is 0.588. The Morgan fingerprint density at radius 1 is 1.21 bits per heavy atom. The smallest absolute Gasteiger partial charge is 0.405 e. The van der Waals surface area contributed by atoms with Gasteiger partial charge in [0.15, 0.2) is 0 Å². The van der Waals surface area contributed by atoms with Crippen molar-refractivity contribution < 1.29 is 22.7 Å². The summed E-state index contributed by atoms with van der Waals surface area (Å²) in [6.07, 6.45) is 1.44. The Balaban J connectivity index is 1.44. The maximum atomic E-state index is 12.4. The predicted octanol–water partition coefficient (Wildman–Crippen LogP) is 3.96. The normalized spacial score (nSPS) is 21.5. The molecule has 0 heterocycles. The van der Waals surface area contributed by atoms with Gasteiger partial charge in [0.2, 0.25) is 0 Å². The molecule has 1 atom stereocenters. The number of carbonyl (C=O) groups excluding carboxylic acids is 1. The SMILES string of the molecule is O=C(NCc1ccccc1OC(F)(F)F)NCC1CCC2(CC2)C1. The van der Waals surface area contributed by atoms with E-state index in [0.29, 0.717) is 17.9 Å². The number of rotatable bonds is 5. The van der Waals surface area contributed by atoms with Gasteiger partial charge in [0.1, 0.15) is 5.75 Å². The number of para-hydroxylation sites is 1. The number of carbonyl (C=O) groups is 1. The Morgan fingerprint density at radius 3 is 2.62 bits per heavy atom. The summed E-state index contributed by atoms with van der Waals surface area (Å²) in [5.41, 5.74) is 0.847. The molecule has 0 bridgehead atoms. The summed E-state index contributed by atoms with van der Waals surface area (Å²) in [6.45, 7) is 0.598. The molecule has 2 N–H and O–H groups in total.